The van der Waals surface area contributed by atoms with Crippen molar-refractivity contribution in [2.45, 2.75) is 12.5 Å². The van der Waals surface area contributed by atoms with E-state index in [4.69, 9.17) is 10.7 Å². The lowest BCUT2D eigenvalue weighted by molar-refractivity contribution is -0.111. The number of carbonyl (C=O) groups excluding carboxylic acids is 1. The molecule has 0 aliphatic heterocycles. The van der Waals surface area contributed by atoms with Crippen molar-refractivity contribution in [1.82, 2.24) is 9.97 Å². The molecule has 0 saturated carbocycles. The number of pyridine rings is 2. The Morgan fingerprint density at radius 2 is 1.33 bits per heavy atom. The molecule has 0 atom stereocenters. The van der Waals surface area contributed by atoms with E-state index in [1.807, 2.05) is 73.7 Å². The van der Waals surface area contributed by atoms with E-state index >= 15 is 0 Å². The monoisotopic (exact) mass is 605 g/mol. The summed E-state index contributed by atoms with van der Waals surface area (Å²) in [5.41, 5.74) is 11.9. The summed E-state index contributed by atoms with van der Waals surface area (Å²) < 4.78 is 13.4. The number of nitrogen functional groups attached to an aromatic ring is 1. The number of rotatable bonds is 9. The van der Waals surface area contributed by atoms with Crippen LogP contribution < -0.4 is 16.4 Å². The second-order valence-electron chi connectivity index (χ2n) is 10.9. The summed E-state index contributed by atoms with van der Waals surface area (Å²) in [4.78, 5) is 22.1. The molecule has 1 amide bonds. The van der Waals surface area contributed by atoms with E-state index in [9.17, 15) is 9.18 Å². The van der Waals surface area contributed by atoms with Gasteiger partial charge in [-0.2, -0.15) is 0 Å². The Morgan fingerprint density at radius 3 is 1.89 bits per heavy atom. The molecule has 6 nitrogen and oxygen atoms in total. The van der Waals surface area contributed by atoms with Crippen LogP contribution in [0.3, 0.4) is 0 Å². The molecule has 7 heteroatoms. The Bertz CT molecular complexity index is 1880. The molecule has 4 aromatic carbocycles. The number of benzene rings is 4. The number of nitrogens with one attached hydrogen (secondary N) is 2. The van der Waals surface area contributed by atoms with Crippen molar-refractivity contribution in [1.29, 1.82) is 0 Å². The molecule has 4 N–H and O–H groups in total. The summed E-state index contributed by atoms with van der Waals surface area (Å²) in [6, 6.07) is 42.5. The van der Waals surface area contributed by atoms with E-state index in [0.717, 1.165) is 27.8 Å². The molecular weight excluding hydrogens is 573 g/mol. The van der Waals surface area contributed by atoms with Crippen LogP contribution in [-0.4, -0.2) is 15.9 Å². The van der Waals surface area contributed by atoms with Gasteiger partial charge in [-0.25, -0.2) is 14.4 Å². The molecule has 2 aromatic heterocycles. The fourth-order valence-corrected chi connectivity index (χ4v) is 5.53. The third-order valence-electron chi connectivity index (χ3n) is 7.68. The van der Waals surface area contributed by atoms with Gasteiger partial charge in [0.05, 0.1) is 11.4 Å². The molecule has 0 saturated heterocycles. The first-order chi connectivity index (χ1) is 22.4. The van der Waals surface area contributed by atoms with Gasteiger partial charge in [0, 0.05) is 17.8 Å². The number of aromatic nitrogens is 2. The van der Waals surface area contributed by atoms with Gasteiger partial charge in [-0.15, -0.1) is 0 Å². The average molecular weight is 606 g/mol. The average Bonchev–Trinajstić information content (AvgIpc) is 3.09. The maximum atomic E-state index is 13.4. The SMILES string of the molecule is Cc1cc(/C=C\C(=O)Nc2cc(-c3ccc(F)cc3)cnc2N)nc(NC(c2ccccc2)(c2ccccc2)c2ccccc2)c1. The Balaban J connectivity index is 1.31. The van der Waals surface area contributed by atoms with Crippen molar-refractivity contribution < 1.29 is 9.18 Å². The molecular formula is C39H32FN5O. The number of nitrogens with zero attached hydrogens (tertiary/aromatic N) is 2. The molecule has 2 heterocycles. The fraction of sp³-hybridized carbons (Fsp3) is 0.0513. The highest BCUT2D eigenvalue weighted by atomic mass is 19.1. The molecule has 6 aromatic rings. The number of nitrogens with two attached hydrogens (primary N) is 1. The van der Waals surface area contributed by atoms with Crippen LogP contribution in [0, 0.1) is 12.7 Å². The van der Waals surface area contributed by atoms with Crippen molar-refractivity contribution in [2.24, 2.45) is 0 Å². The second kappa shape index (κ2) is 13.3. The molecule has 46 heavy (non-hydrogen) atoms. The maximum absolute atomic E-state index is 13.4. The Kier molecular flexibility index (Phi) is 8.65. The highest BCUT2D eigenvalue weighted by Gasteiger charge is 2.36. The Labute approximate surface area is 267 Å². The molecule has 226 valence electrons. The molecule has 0 bridgehead atoms. The van der Waals surface area contributed by atoms with Gasteiger partial charge >= 0.3 is 0 Å². The number of halogens is 1. The summed E-state index contributed by atoms with van der Waals surface area (Å²) in [5, 5.41) is 6.59. The number of hydrogen-bond acceptors (Lipinski definition) is 5. The van der Waals surface area contributed by atoms with Gasteiger partial charge in [-0.1, -0.05) is 103 Å². The van der Waals surface area contributed by atoms with Crippen molar-refractivity contribution >= 4 is 29.3 Å². The lowest BCUT2D eigenvalue weighted by Crippen LogP contribution is -2.38. The number of amides is 1. The lowest BCUT2D eigenvalue weighted by Gasteiger charge is -2.37. The van der Waals surface area contributed by atoms with E-state index < -0.39 is 11.4 Å². The minimum atomic E-state index is -0.747. The van der Waals surface area contributed by atoms with E-state index in [1.165, 1.54) is 18.2 Å². The highest BCUT2D eigenvalue weighted by Crippen LogP contribution is 2.39. The van der Waals surface area contributed by atoms with Crippen molar-refractivity contribution in [2.75, 3.05) is 16.4 Å². The number of carbonyl (C=O) groups is 1. The smallest absolute Gasteiger partial charge is 0.248 e. The van der Waals surface area contributed by atoms with Gasteiger partial charge in [-0.05, 0) is 71.1 Å². The fourth-order valence-electron chi connectivity index (χ4n) is 5.53. The largest absolute Gasteiger partial charge is 0.382 e. The number of anilines is 3. The van der Waals surface area contributed by atoms with E-state index in [2.05, 4.69) is 52.0 Å². The van der Waals surface area contributed by atoms with Gasteiger partial charge < -0.3 is 16.4 Å². The standard InChI is InChI=1S/C39H32FN5O/c1-27-23-34(21-22-37(46)44-35-25-29(26-42-38(35)41)28-17-19-33(40)20-18-28)43-36(24-27)45-39(30-11-5-2-6-12-30,31-13-7-3-8-14-31)32-15-9-4-10-16-32/h2-26H,1H3,(H2,41,42)(H,43,45)(H,44,46)/b22-21-. The van der Waals surface area contributed by atoms with Crippen LogP contribution in [-0.2, 0) is 10.3 Å². The second-order valence-corrected chi connectivity index (χ2v) is 10.9. The van der Waals surface area contributed by atoms with E-state index in [-0.39, 0.29) is 11.6 Å². The molecule has 0 spiro atoms. The summed E-state index contributed by atoms with van der Waals surface area (Å²) >= 11 is 0. The summed E-state index contributed by atoms with van der Waals surface area (Å²) in [7, 11) is 0. The van der Waals surface area contributed by atoms with Crippen molar-refractivity contribution in [3.8, 4) is 11.1 Å². The van der Waals surface area contributed by atoms with Crippen LogP contribution in [0.1, 0.15) is 27.9 Å². The Hall–Kier alpha value is -6.08. The van der Waals surface area contributed by atoms with Crippen LogP contribution in [0.4, 0.5) is 21.7 Å². The van der Waals surface area contributed by atoms with Crippen molar-refractivity contribution in [3.05, 3.63) is 179 Å². The minimum absolute atomic E-state index is 0.173. The first-order valence-corrected chi connectivity index (χ1v) is 14.8. The lowest BCUT2D eigenvalue weighted by atomic mass is 9.77. The predicted octanol–water partition coefficient (Wildman–Crippen LogP) is 8.23. The van der Waals surface area contributed by atoms with Crippen LogP contribution in [0.15, 0.2) is 146 Å². The van der Waals surface area contributed by atoms with Crippen molar-refractivity contribution in [3.63, 3.8) is 0 Å². The first kappa shape index (κ1) is 30.0. The van der Waals surface area contributed by atoms with Gasteiger partial charge in [0.25, 0.3) is 0 Å². The molecule has 6 rings (SSSR count). The van der Waals surface area contributed by atoms with Gasteiger partial charge in [0.1, 0.15) is 23.0 Å². The van der Waals surface area contributed by atoms with Crippen LogP contribution in [0.2, 0.25) is 0 Å². The van der Waals surface area contributed by atoms with Gasteiger partial charge in [-0.3, -0.25) is 4.79 Å². The maximum Gasteiger partial charge on any atom is 0.248 e. The molecule has 0 aliphatic carbocycles. The topological polar surface area (TPSA) is 92.9 Å². The minimum Gasteiger partial charge on any atom is -0.382 e. The predicted molar refractivity (Wildman–Crippen MR) is 184 cm³/mol. The van der Waals surface area contributed by atoms with Gasteiger partial charge in [0.15, 0.2) is 0 Å². The highest BCUT2D eigenvalue weighted by molar-refractivity contribution is 6.03. The molecule has 0 fully saturated rings. The summed E-state index contributed by atoms with van der Waals surface area (Å²) in [6.45, 7) is 1.99. The van der Waals surface area contributed by atoms with E-state index in [1.54, 1.807) is 30.5 Å². The first-order valence-electron chi connectivity index (χ1n) is 14.8. The van der Waals surface area contributed by atoms with Crippen LogP contribution in [0.25, 0.3) is 17.2 Å². The third kappa shape index (κ3) is 6.54. The molecule has 0 radical (unpaired) electrons. The number of hydrogen-bond donors (Lipinski definition) is 3. The quantitative estimate of drug-likeness (QED) is 0.114. The Morgan fingerprint density at radius 1 is 0.761 bits per heavy atom. The van der Waals surface area contributed by atoms with E-state index in [0.29, 0.717) is 22.8 Å². The summed E-state index contributed by atoms with van der Waals surface area (Å²) in [5.74, 6) is 0.0958. The zero-order chi connectivity index (χ0) is 31.9. The molecule has 0 unspecified atom stereocenters. The molecule has 0 aliphatic rings. The van der Waals surface area contributed by atoms with Gasteiger partial charge in [0.2, 0.25) is 5.91 Å². The zero-order valence-corrected chi connectivity index (χ0v) is 25.2. The van der Waals surface area contributed by atoms with Crippen LogP contribution in [0.5, 0.6) is 0 Å². The normalized spacial score (nSPS) is 11.3. The number of aryl methyl sites for hydroxylation is 1. The summed E-state index contributed by atoms with van der Waals surface area (Å²) in [6.07, 6.45) is 4.66. The van der Waals surface area contributed by atoms with Crippen LogP contribution >= 0.6 is 0 Å². The zero-order valence-electron chi connectivity index (χ0n) is 25.2. The third-order valence-corrected chi connectivity index (χ3v) is 7.68.